The van der Waals surface area contributed by atoms with E-state index in [1.54, 1.807) is 7.11 Å². The van der Waals surface area contributed by atoms with Gasteiger partial charge in [0, 0.05) is 19.0 Å². The first-order chi connectivity index (χ1) is 20.3. The zero-order chi connectivity index (χ0) is 31.3. The van der Waals surface area contributed by atoms with E-state index in [-0.39, 0.29) is 27.6 Å². The summed E-state index contributed by atoms with van der Waals surface area (Å²) in [6, 6.07) is 2.54. The highest BCUT2D eigenvalue weighted by atomic mass is 16.6. The molecule has 0 radical (unpaired) electrons. The molecule has 5 rings (SSSR count). The molecule has 0 bridgehead atoms. The van der Waals surface area contributed by atoms with E-state index < -0.39 is 0 Å². The minimum absolute atomic E-state index is 0.0521. The van der Waals surface area contributed by atoms with Gasteiger partial charge in [-0.2, -0.15) is 10.7 Å². The number of methoxy groups -OCH3 is 1. The van der Waals surface area contributed by atoms with Crippen molar-refractivity contribution in [2.75, 3.05) is 26.8 Å². The normalized spacial score (nSPS) is 44.7. The van der Waals surface area contributed by atoms with E-state index in [1.807, 2.05) is 0 Å². The number of nitrogens with one attached hydrogen (secondary N) is 2. The summed E-state index contributed by atoms with van der Waals surface area (Å²) in [5.74, 6) is 2.78. The highest BCUT2D eigenvalue weighted by Gasteiger charge is 2.72. The van der Waals surface area contributed by atoms with Crippen molar-refractivity contribution in [2.45, 2.75) is 125 Å². The van der Waals surface area contributed by atoms with Gasteiger partial charge in [-0.1, -0.05) is 46.8 Å². The van der Waals surface area contributed by atoms with Crippen LogP contribution in [0, 0.1) is 68.0 Å². The molecule has 5 saturated carbocycles. The molecule has 0 aromatic heterocycles. The summed E-state index contributed by atoms with van der Waals surface area (Å²) >= 11 is 0. The van der Waals surface area contributed by atoms with E-state index in [0.29, 0.717) is 54.1 Å². The van der Waals surface area contributed by atoms with Crippen LogP contribution in [0.1, 0.15) is 119 Å². The van der Waals surface area contributed by atoms with Gasteiger partial charge in [0.2, 0.25) is 0 Å². The maximum atomic E-state index is 13.5. The van der Waals surface area contributed by atoms with Gasteiger partial charge < -0.3 is 14.9 Å². The molecule has 0 aliphatic heterocycles. The summed E-state index contributed by atoms with van der Waals surface area (Å²) < 4.78 is 5.55. The predicted octanol–water partition coefficient (Wildman–Crippen LogP) is 7.60. The number of ether oxygens (including phenoxy) is 1. The number of esters is 1. The lowest BCUT2D eigenvalue weighted by molar-refractivity contribution is -0.244. The zero-order valence-corrected chi connectivity index (χ0v) is 28.4. The molecule has 5 fully saturated rings. The maximum Gasteiger partial charge on any atom is 0.312 e. The fourth-order valence-electron chi connectivity index (χ4n) is 12.6. The molecule has 0 aromatic carbocycles. The predicted molar refractivity (Wildman–Crippen MR) is 172 cm³/mol. The van der Waals surface area contributed by atoms with Gasteiger partial charge in [-0.25, -0.2) is 0 Å². The van der Waals surface area contributed by atoms with Crippen LogP contribution in [0.15, 0.2) is 12.2 Å². The van der Waals surface area contributed by atoms with E-state index in [9.17, 15) is 4.79 Å². The van der Waals surface area contributed by atoms with Crippen molar-refractivity contribution in [3.05, 3.63) is 12.2 Å². The van der Waals surface area contributed by atoms with Crippen molar-refractivity contribution in [2.24, 2.45) is 56.7 Å². The van der Waals surface area contributed by atoms with Crippen LogP contribution >= 0.6 is 0 Å². The molecule has 0 spiro atoms. The number of fused-ring (bicyclic) bond motifs is 7. The minimum atomic E-state index is -0.314. The summed E-state index contributed by atoms with van der Waals surface area (Å²) in [6.07, 6.45) is 13.2. The van der Waals surface area contributed by atoms with Crippen LogP contribution in [-0.2, 0) is 14.4 Å². The van der Waals surface area contributed by atoms with E-state index in [1.165, 1.54) is 37.7 Å². The van der Waals surface area contributed by atoms with E-state index in [2.05, 4.69) is 65.0 Å². The zero-order valence-electron chi connectivity index (χ0n) is 28.4. The number of carbonyl (C=O) groups is 1. The fraction of sp³-hybridized carbons (Fsp3) is 0.892. The van der Waals surface area contributed by atoms with Crippen molar-refractivity contribution in [1.29, 1.82) is 5.26 Å². The molecule has 2 N–H and O–H groups in total. The van der Waals surface area contributed by atoms with E-state index >= 15 is 0 Å². The molecular weight excluding hydrogens is 534 g/mol. The third-order valence-corrected chi connectivity index (χ3v) is 14.9. The van der Waals surface area contributed by atoms with Crippen molar-refractivity contribution >= 4 is 5.97 Å². The summed E-state index contributed by atoms with van der Waals surface area (Å²) in [5, 5.41) is 12.0. The van der Waals surface area contributed by atoms with Gasteiger partial charge in [0.25, 0.3) is 0 Å². The Bertz CT molecular complexity index is 1100. The Hall–Kier alpha value is -1.42. The van der Waals surface area contributed by atoms with Gasteiger partial charge in [-0.3, -0.25) is 4.79 Å². The van der Waals surface area contributed by atoms with Crippen LogP contribution in [0.2, 0.25) is 0 Å². The Morgan fingerprint density at radius 2 is 1.70 bits per heavy atom. The summed E-state index contributed by atoms with van der Waals surface area (Å²) in [5.41, 5.74) is 5.46. The molecule has 43 heavy (non-hydrogen) atoms. The minimum Gasteiger partial charge on any atom is -0.469 e. The number of carbonyl (C=O) groups excluding carboxylic acids is 1. The number of hydroxylamine groups is 1. The first-order valence-electron chi connectivity index (χ1n) is 17.5. The Morgan fingerprint density at radius 1 is 0.930 bits per heavy atom. The van der Waals surface area contributed by atoms with E-state index in [4.69, 9.17) is 14.8 Å². The summed E-state index contributed by atoms with van der Waals surface area (Å²) in [7, 11) is 1.60. The number of nitrogens with zero attached hydrogens (tertiary/aromatic N) is 1. The van der Waals surface area contributed by atoms with Crippen molar-refractivity contribution in [3.8, 4) is 6.07 Å². The lowest BCUT2D eigenvalue weighted by atomic mass is 9.32. The lowest BCUT2D eigenvalue weighted by Crippen LogP contribution is -2.67. The van der Waals surface area contributed by atoms with E-state index in [0.717, 1.165) is 51.6 Å². The molecule has 5 aliphatic rings. The first-order valence-corrected chi connectivity index (χ1v) is 17.5. The highest BCUT2D eigenvalue weighted by Crippen LogP contribution is 2.77. The van der Waals surface area contributed by atoms with Gasteiger partial charge >= 0.3 is 5.97 Å². The van der Waals surface area contributed by atoms with Crippen LogP contribution in [0.25, 0.3) is 0 Å². The van der Waals surface area contributed by atoms with Crippen molar-refractivity contribution in [1.82, 2.24) is 10.8 Å². The molecule has 5 aliphatic carbocycles. The first kappa shape index (κ1) is 33.0. The standard InChI is InChI=1S/C37H61N3O3/c1-25(2)26-13-18-37(32(41)42-8)20-19-35(6)27(31(26)37)11-12-29-34(5)16-15-30(40-43-24-10-23-39-22-9-21-38)33(3,4)28(34)14-17-36(29,35)7/h26-31,39-40H,1,9-20,22-24H2,2-8H3/t26-,27+,28-,29+,30-,31+,34-,35+,36+,37-/m0/s1. The number of nitriles is 1. The molecule has 10 atom stereocenters. The second-order valence-corrected chi connectivity index (χ2v) is 16.7. The van der Waals surface area contributed by atoms with Crippen LogP contribution in [0.3, 0.4) is 0 Å². The SMILES string of the molecule is C=C(C)[C@@H]1CC[C@]2(C(=O)OC)CC[C@]3(C)[C@H](CC[C@@H]4[C@@]5(C)CC[C@H](NOCCCNCCC#N)C(C)(C)[C@@H]5CC[C@]43C)[C@@H]12. The van der Waals surface area contributed by atoms with Gasteiger partial charge in [-0.05, 0) is 135 Å². The molecule has 0 heterocycles. The molecule has 6 heteroatoms. The highest BCUT2D eigenvalue weighted by molar-refractivity contribution is 5.78. The Kier molecular flexibility index (Phi) is 9.25. The Labute approximate surface area is 262 Å². The summed E-state index contributed by atoms with van der Waals surface area (Å²) in [4.78, 5) is 19.6. The molecule has 0 unspecified atom stereocenters. The average molecular weight is 596 g/mol. The third-order valence-electron chi connectivity index (χ3n) is 14.9. The third kappa shape index (κ3) is 5.03. The van der Waals surface area contributed by atoms with Crippen molar-refractivity contribution in [3.63, 3.8) is 0 Å². The van der Waals surface area contributed by atoms with Gasteiger partial charge in [0.15, 0.2) is 0 Å². The largest absolute Gasteiger partial charge is 0.469 e. The molecule has 6 nitrogen and oxygen atoms in total. The van der Waals surface area contributed by atoms with Gasteiger partial charge in [0.1, 0.15) is 0 Å². The van der Waals surface area contributed by atoms with Crippen LogP contribution < -0.4 is 10.8 Å². The maximum absolute atomic E-state index is 13.5. The Morgan fingerprint density at radius 3 is 2.40 bits per heavy atom. The van der Waals surface area contributed by atoms with Gasteiger partial charge in [0.05, 0.1) is 25.2 Å². The van der Waals surface area contributed by atoms with Crippen molar-refractivity contribution < 1.29 is 14.4 Å². The van der Waals surface area contributed by atoms with Crippen LogP contribution in [0.5, 0.6) is 0 Å². The summed E-state index contributed by atoms with van der Waals surface area (Å²) in [6.45, 7) is 21.9. The number of hydrogen-bond acceptors (Lipinski definition) is 6. The lowest BCUT2D eigenvalue weighted by Gasteiger charge is -2.73. The average Bonchev–Trinajstić information content (AvgIpc) is 3.36. The number of hydrogen-bond donors (Lipinski definition) is 2. The van der Waals surface area contributed by atoms with Crippen LogP contribution in [-0.4, -0.2) is 38.8 Å². The monoisotopic (exact) mass is 595 g/mol. The van der Waals surface area contributed by atoms with Crippen LogP contribution in [0.4, 0.5) is 0 Å². The fourth-order valence-corrected chi connectivity index (χ4v) is 12.6. The second-order valence-electron chi connectivity index (χ2n) is 16.7. The molecule has 242 valence electrons. The number of allylic oxidation sites excluding steroid dienone is 1. The van der Waals surface area contributed by atoms with Gasteiger partial charge in [-0.15, -0.1) is 0 Å². The molecular formula is C37H61N3O3. The Balaban J connectivity index is 1.32. The molecule has 0 aromatic rings. The quantitative estimate of drug-likeness (QED) is 0.117. The smallest absolute Gasteiger partial charge is 0.312 e. The molecule has 0 amide bonds. The number of rotatable bonds is 10. The second kappa shape index (κ2) is 12.1. The topological polar surface area (TPSA) is 83.4 Å². The molecule has 0 saturated heterocycles.